The van der Waals surface area contributed by atoms with Crippen molar-refractivity contribution in [2.75, 3.05) is 0 Å². The van der Waals surface area contributed by atoms with Gasteiger partial charge in [-0.05, 0) is 12.5 Å². The predicted molar refractivity (Wildman–Crippen MR) is 52.5 cm³/mol. The Hall–Kier alpha value is -1.78. The summed E-state index contributed by atoms with van der Waals surface area (Å²) in [6.07, 6.45) is 3.76. The van der Waals surface area contributed by atoms with Gasteiger partial charge in [0.2, 0.25) is 0 Å². The molecule has 0 bridgehead atoms. The van der Waals surface area contributed by atoms with Crippen LogP contribution in [0.5, 0.6) is 0 Å². The van der Waals surface area contributed by atoms with Gasteiger partial charge in [0.25, 0.3) is 5.91 Å². The maximum absolute atomic E-state index is 11.5. The first-order chi connectivity index (χ1) is 7.15. The quantitative estimate of drug-likeness (QED) is 0.768. The maximum atomic E-state index is 11.5. The summed E-state index contributed by atoms with van der Waals surface area (Å²) >= 11 is 0. The molecule has 0 aliphatic rings. The van der Waals surface area contributed by atoms with Crippen LogP contribution in [0.15, 0.2) is 23.0 Å². The average molecular weight is 211 g/mol. The summed E-state index contributed by atoms with van der Waals surface area (Å²) in [4.78, 5) is 22.2. The summed E-state index contributed by atoms with van der Waals surface area (Å²) in [5.41, 5.74) is 0.331. The van der Waals surface area contributed by atoms with Gasteiger partial charge < -0.3 is 14.8 Å². The van der Waals surface area contributed by atoms with Crippen molar-refractivity contribution in [1.82, 2.24) is 5.32 Å². The van der Waals surface area contributed by atoms with Crippen LogP contribution in [0, 0.1) is 0 Å². The number of amides is 1. The minimum atomic E-state index is -1.02. The number of carboxylic acid groups (broad SMARTS) is 1. The summed E-state index contributed by atoms with van der Waals surface area (Å²) in [6, 6.07) is 0.651. The Kier molecular flexibility index (Phi) is 3.91. The van der Waals surface area contributed by atoms with Crippen LogP contribution in [-0.4, -0.2) is 23.0 Å². The lowest BCUT2D eigenvalue weighted by atomic mass is 10.1. The van der Waals surface area contributed by atoms with Crippen LogP contribution in [0.2, 0.25) is 0 Å². The second kappa shape index (κ2) is 5.19. The Morgan fingerprint density at radius 2 is 2.33 bits per heavy atom. The van der Waals surface area contributed by atoms with E-state index in [1.807, 2.05) is 6.92 Å². The van der Waals surface area contributed by atoms with Crippen LogP contribution < -0.4 is 5.32 Å². The van der Waals surface area contributed by atoms with Gasteiger partial charge in [0, 0.05) is 0 Å². The topological polar surface area (TPSA) is 79.5 Å². The molecule has 82 valence electrons. The van der Waals surface area contributed by atoms with Crippen molar-refractivity contribution in [2.45, 2.75) is 25.8 Å². The molecule has 1 rings (SSSR count). The van der Waals surface area contributed by atoms with Crippen molar-refractivity contribution < 1.29 is 19.1 Å². The fourth-order valence-electron chi connectivity index (χ4n) is 1.18. The van der Waals surface area contributed by atoms with E-state index in [-0.39, 0.29) is 0 Å². The van der Waals surface area contributed by atoms with Gasteiger partial charge in [0.05, 0.1) is 11.8 Å². The Bertz CT molecular complexity index is 331. The number of carbonyl (C=O) groups is 2. The van der Waals surface area contributed by atoms with Gasteiger partial charge in [-0.3, -0.25) is 4.79 Å². The number of rotatable bonds is 5. The zero-order chi connectivity index (χ0) is 11.3. The summed E-state index contributed by atoms with van der Waals surface area (Å²) in [6.45, 7) is 1.86. The van der Waals surface area contributed by atoms with Gasteiger partial charge >= 0.3 is 5.97 Å². The molecule has 1 aromatic heterocycles. The molecule has 1 heterocycles. The summed E-state index contributed by atoms with van der Waals surface area (Å²) in [7, 11) is 0. The zero-order valence-corrected chi connectivity index (χ0v) is 8.40. The fourth-order valence-corrected chi connectivity index (χ4v) is 1.18. The third-order valence-electron chi connectivity index (χ3n) is 1.96. The van der Waals surface area contributed by atoms with Crippen molar-refractivity contribution >= 4 is 11.9 Å². The Morgan fingerprint density at radius 3 is 2.80 bits per heavy atom. The van der Waals surface area contributed by atoms with Crippen LogP contribution in [0.4, 0.5) is 0 Å². The van der Waals surface area contributed by atoms with Gasteiger partial charge in [-0.1, -0.05) is 13.3 Å². The average Bonchev–Trinajstić information content (AvgIpc) is 2.69. The first-order valence-electron chi connectivity index (χ1n) is 4.71. The molecule has 0 saturated heterocycles. The fraction of sp³-hybridized carbons (Fsp3) is 0.400. The van der Waals surface area contributed by atoms with E-state index < -0.39 is 17.9 Å². The van der Waals surface area contributed by atoms with Crippen LogP contribution >= 0.6 is 0 Å². The van der Waals surface area contributed by atoms with Gasteiger partial charge in [-0.15, -0.1) is 0 Å². The van der Waals surface area contributed by atoms with Crippen molar-refractivity contribution in [3.8, 4) is 0 Å². The Balaban J connectivity index is 2.59. The van der Waals surface area contributed by atoms with Crippen molar-refractivity contribution in [2.24, 2.45) is 0 Å². The second-order valence-electron chi connectivity index (χ2n) is 3.16. The Morgan fingerprint density at radius 1 is 1.60 bits per heavy atom. The van der Waals surface area contributed by atoms with E-state index in [0.29, 0.717) is 18.4 Å². The molecule has 5 heteroatoms. The summed E-state index contributed by atoms with van der Waals surface area (Å²) < 4.78 is 4.73. The number of aliphatic carboxylic acids is 1. The SMILES string of the molecule is CCC[C@H](NC(=O)c1ccoc1)C(=O)O. The molecule has 1 atom stereocenters. The van der Waals surface area contributed by atoms with Crippen LogP contribution in [0.25, 0.3) is 0 Å². The molecular weight excluding hydrogens is 198 g/mol. The third-order valence-corrected chi connectivity index (χ3v) is 1.96. The van der Waals surface area contributed by atoms with Crippen LogP contribution in [0.3, 0.4) is 0 Å². The molecule has 0 saturated carbocycles. The van der Waals surface area contributed by atoms with Gasteiger partial charge in [-0.25, -0.2) is 4.79 Å². The van der Waals surface area contributed by atoms with E-state index in [1.165, 1.54) is 18.6 Å². The number of hydrogen-bond donors (Lipinski definition) is 2. The number of carbonyl (C=O) groups excluding carboxylic acids is 1. The maximum Gasteiger partial charge on any atom is 0.326 e. The highest BCUT2D eigenvalue weighted by molar-refractivity contribution is 5.96. The molecule has 15 heavy (non-hydrogen) atoms. The number of hydrogen-bond acceptors (Lipinski definition) is 3. The van der Waals surface area contributed by atoms with E-state index in [9.17, 15) is 9.59 Å². The molecule has 5 nitrogen and oxygen atoms in total. The summed E-state index contributed by atoms with van der Waals surface area (Å²) in [5, 5.41) is 11.2. The third kappa shape index (κ3) is 3.12. The smallest absolute Gasteiger partial charge is 0.326 e. The monoisotopic (exact) mass is 211 g/mol. The number of furan rings is 1. The highest BCUT2D eigenvalue weighted by atomic mass is 16.4. The van der Waals surface area contributed by atoms with E-state index >= 15 is 0 Å². The molecule has 0 unspecified atom stereocenters. The molecule has 1 amide bonds. The Labute approximate surface area is 87.1 Å². The molecule has 0 spiro atoms. The molecular formula is C10H13NO4. The molecule has 0 aromatic carbocycles. The van der Waals surface area contributed by atoms with Gasteiger partial charge in [-0.2, -0.15) is 0 Å². The van der Waals surface area contributed by atoms with Crippen molar-refractivity contribution in [3.63, 3.8) is 0 Å². The van der Waals surface area contributed by atoms with Crippen molar-refractivity contribution in [1.29, 1.82) is 0 Å². The predicted octanol–water partition coefficient (Wildman–Crippen LogP) is 1.26. The lowest BCUT2D eigenvalue weighted by Crippen LogP contribution is -2.40. The summed E-state index contributed by atoms with van der Waals surface area (Å²) in [5.74, 6) is -1.45. The molecule has 0 aliphatic carbocycles. The second-order valence-corrected chi connectivity index (χ2v) is 3.16. The first-order valence-corrected chi connectivity index (χ1v) is 4.71. The zero-order valence-electron chi connectivity index (χ0n) is 8.40. The van der Waals surface area contributed by atoms with Gasteiger partial charge in [0.1, 0.15) is 12.3 Å². The van der Waals surface area contributed by atoms with E-state index in [2.05, 4.69) is 5.32 Å². The molecule has 0 aliphatic heterocycles. The highest BCUT2D eigenvalue weighted by Crippen LogP contribution is 2.02. The van der Waals surface area contributed by atoms with Crippen molar-refractivity contribution in [3.05, 3.63) is 24.2 Å². The molecule has 1 aromatic rings. The van der Waals surface area contributed by atoms with Crippen LogP contribution in [0.1, 0.15) is 30.1 Å². The molecule has 0 radical (unpaired) electrons. The number of carboxylic acids is 1. The van der Waals surface area contributed by atoms with Gasteiger partial charge in [0.15, 0.2) is 0 Å². The normalized spacial score (nSPS) is 12.1. The minimum absolute atomic E-state index is 0.331. The molecule has 0 fully saturated rings. The van der Waals surface area contributed by atoms with E-state index in [0.717, 1.165) is 0 Å². The van der Waals surface area contributed by atoms with E-state index in [1.54, 1.807) is 0 Å². The highest BCUT2D eigenvalue weighted by Gasteiger charge is 2.19. The van der Waals surface area contributed by atoms with E-state index in [4.69, 9.17) is 9.52 Å². The lowest BCUT2D eigenvalue weighted by molar-refractivity contribution is -0.139. The lowest BCUT2D eigenvalue weighted by Gasteiger charge is -2.12. The standard InChI is InChI=1S/C10H13NO4/c1-2-3-8(10(13)14)11-9(12)7-4-5-15-6-7/h4-6,8H,2-3H2,1H3,(H,11,12)(H,13,14)/t8-/m0/s1. The van der Waals surface area contributed by atoms with Crippen LogP contribution in [-0.2, 0) is 4.79 Å². The number of nitrogens with one attached hydrogen (secondary N) is 1. The molecule has 2 N–H and O–H groups in total. The first kappa shape index (κ1) is 11.3. The largest absolute Gasteiger partial charge is 0.480 e. The minimum Gasteiger partial charge on any atom is -0.480 e.